The van der Waals surface area contributed by atoms with Crippen molar-refractivity contribution >= 4 is 51.0 Å². The minimum Gasteiger partial charge on any atom is -0.440 e. The lowest BCUT2D eigenvalue weighted by Gasteiger charge is -2.22. The number of hydrogen-bond acceptors (Lipinski definition) is 5. The van der Waals surface area contributed by atoms with Gasteiger partial charge in [0.05, 0.1) is 4.90 Å². The van der Waals surface area contributed by atoms with E-state index < -0.39 is 26.1 Å². The number of benzene rings is 2. The highest BCUT2D eigenvalue weighted by molar-refractivity contribution is 7.86. The van der Waals surface area contributed by atoms with Crippen LogP contribution in [0.3, 0.4) is 0 Å². The quantitative estimate of drug-likeness (QED) is 0.501. The summed E-state index contributed by atoms with van der Waals surface area (Å²) in [6.07, 6.45) is -2.21. The number of alkyl halides is 3. The predicted octanol–water partition coefficient (Wildman–Crippen LogP) is 4.84. The first-order valence-corrected chi connectivity index (χ1v) is 10.2. The summed E-state index contributed by atoms with van der Waals surface area (Å²) in [7, 11) is -4.20. The molecule has 2 aromatic carbocycles. The standard InChI is InChI=1S/C17H16Cl3NO5S/c1-12-7-9-14(10-8-12)27(23,24)26-21-16(22)25-15(11-17(18,19)20)13-5-3-2-4-6-13/h2-10,15H,11H2,1H3,(H,21,22)/t15-/m0/s1. The van der Waals surface area contributed by atoms with Crippen LogP contribution < -0.4 is 5.48 Å². The average Bonchev–Trinajstić information content (AvgIpc) is 2.59. The Bertz CT molecular complexity index is 868. The van der Waals surface area contributed by atoms with E-state index in [0.29, 0.717) is 5.56 Å². The van der Waals surface area contributed by atoms with Gasteiger partial charge >= 0.3 is 16.2 Å². The molecule has 1 atom stereocenters. The normalized spacial score (nSPS) is 13.0. The van der Waals surface area contributed by atoms with E-state index in [0.717, 1.165) is 5.56 Å². The van der Waals surface area contributed by atoms with Crippen molar-refractivity contribution < 1.29 is 22.2 Å². The van der Waals surface area contributed by atoms with Crippen LogP contribution in [0.2, 0.25) is 0 Å². The van der Waals surface area contributed by atoms with Crippen molar-refractivity contribution in [3.63, 3.8) is 0 Å². The number of nitrogens with one attached hydrogen (secondary N) is 1. The molecule has 0 aliphatic carbocycles. The van der Waals surface area contributed by atoms with Crippen LogP contribution >= 0.6 is 34.8 Å². The van der Waals surface area contributed by atoms with E-state index in [1.54, 1.807) is 54.9 Å². The van der Waals surface area contributed by atoms with Gasteiger partial charge in [0.2, 0.25) is 0 Å². The zero-order valence-corrected chi connectivity index (χ0v) is 17.1. The molecule has 0 aliphatic heterocycles. The molecule has 6 nitrogen and oxygen atoms in total. The van der Waals surface area contributed by atoms with Crippen molar-refractivity contribution in [3.05, 3.63) is 65.7 Å². The molecular formula is C17H16Cl3NO5S. The van der Waals surface area contributed by atoms with Crippen LogP contribution in [-0.4, -0.2) is 18.3 Å². The summed E-state index contributed by atoms with van der Waals surface area (Å²) in [5.74, 6) is 0. The van der Waals surface area contributed by atoms with Gasteiger partial charge in [-0.15, -0.1) is 4.28 Å². The van der Waals surface area contributed by atoms with E-state index in [4.69, 9.17) is 39.5 Å². The molecule has 0 saturated carbocycles. The van der Waals surface area contributed by atoms with Crippen LogP contribution in [-0.2, 0) is 19.1 Å². The van der Waals surface area contributed by atoms with Crippen molar-refractivity contribution in [2.75, 3.05) is 0 Å². The summed E-state index contributed by atoms with van der Waals surface area (Å²) in [6, 6.07) is 14.5. The van der Waals surface area contributed by atoms with Crippen LogP contribution in [0.1, 0.15) is 23.7 Å². The number of carbonyl (C=O) groups excluding carboxylic acids is 1. The maximum atomic E-state index is 12.1. The van der Waals surface area contributed by atoms with Crippen molar-refractivity contribution in [2.24, 2.45) is 0 Å². The largest absolute Gasteiger partial charge is 0.440 e. The Labute approximate surface area is 172 Å². The Hall–Kier alpha value is -1.51. The molecule has 2 aromatic rings. The molecule has 27 heavy (non-hydrogen) atoms. The minimum atomic E-state index is -4.20. The Morgan fingerprint density at radius 1 is 1.07 bits per heavy atom. The SMILES string of the molecule is Cc1ccc(S(=O)(=O)ONC(=O)O[C@@H](CC(Cl)(Cl)Cl)c2ccccc2)cc1. The van der Waals surface area contributed by atoms with Gasteiger partial charge in [-0.1, -0.05) is 82.8 Å². The summed E-state index contributed by atoms with van der Waals surface area (Å²) in [5.41, 5.74) is 3.19. The molecule has 2 rings (SSSR count). The van der Waals surface area contributed by atoms with Gasteiger partial charge < -0.3 is 4.74 Å². The molecule has 10 heteroatoms. The second-order valence-electron chi connectivity index (χ2n) is 5.58. The van der Waals surface area contributed by atoms with Crippen LogP contribution in [0.25, 0.3) is 0 Å². The predicted molar refractivity (Wildman–Crippen MR) is 103 cm³/mol. The van der Waals surface area contributed by atoms with Gasteiger partial charge in [-0.2, -0.15) is 13.9 Å². The van der Waals surface area contributed by atoms with E-state index in [1.807, 2.05) is 0 Å². The molecule has 0 spiro atoms. The van der Waals surface area contributed by atoms with Gasteiger partial charge in [-0.25, -0.2) is 4.79 Å². The molecule has 0 saturated heterocycles. The first-order chi connectivity index (χ1) is 12.6. The van der Waals surface area contributed by atoms with E-state index in [1.165, 1.54) is 12.1 Å². The molecule has 0 unspecified atom stereocenters. The molecule has 146 valence electrons. The van der Waals surface area contributed by atoms with Crippen LogP contribution in [0.15, 0.2) is 59.5 Å². The molecule has 1 N–H and O–H groups in total. The summed E-state index contributed by atoms with van der Waals surface area (Å²) >= 11 is 17.4. The lowest BCUT2D eigenvalue weighted by atomic mass is 10.1. The lowest BCUT2D eigenvalue weighted by Crippen LogP contribution is -2.30. The van der Waals surface area contributed by atoms with Crippen LogP contribution in [0.5, 0.6) is 0 Å². The zero-order valence-electron chi connectivity index (χ0n) is 14.1. The third-order valence-corrected chi connectivity index (χ3v) is 5.00. The van der Waals surface area contributed by atoms with Gasteiger partial charge in [0.25, 0.3) is 0 Å². The molecule has 1 amide bonds. The maximum Gasteiger partial charge on any atom is 0.433 e. The second kappa shape index (κ2) is 9.12. The first kappa shape index (κ1) is 21.8. The lowest BCUT2D eigenvalue weighted by molar-refractivity contribution is 0.0625. The molecule has 0 aliphatic rings. The third-order valence-electron chi connectivity index (χ3n) is 3.38. The van der Waals surface area contributed by atoms with Crippen molar-refractivity contribution in [1.29, 1.82) is 0 Å². The van der Waals surface area contributed by atoms with Gasteiger partial charge in [0.1, 0.15) is 6.10 Å². The third kappa shape index (κ3) is 7.20. The van der Waals surface area contributed by atoms with Crippen molar-refractivity contribution in [3.8, 4) is 0 Å². The van der Waals surface area contributed by atoms with E-state index in [-0.39, 0.29) is 11.3 Å². The minimum absolute atomic E-state index is 0.116. The van der Waals surface area contributed by atoms with Gasteiger partial charge in [0.15, 0.2) is 3.79 Å². The van der Waals surface area contributed by atoms with E-state index in [9.17, 15) is 13.2 Å². The zero-order chi connectivity index (χ0) is 20.1. The number of amides is 1. The van der Waals surface area contributed by atoms with Gasteiger partial charge in [-0.3, -0.25) is 0 Å². The maximum absolute atomic E-state index is 12.1. The highest BCUT2D eigenvalue weighted by Crippen LogP contribution is 2.38. The topological polar surface area (TPSA) is 81.7 Å². The molecule has 0 bridgehead atoms. The molecule has 0 aromatic heterocycles. The molecular weight excluding hydrogens is 437 g/mol. The van der Waals surface area contributed by atoms with E-state index >= 15 is 0 Å². The molecule has 0 radical (unpaired) electrons. The second-order valence-corrected chi connectivity index (χ2v) is 9.64. The number of halogens is 3. The summed E-state index contributed by atoms with van der Waals surface area (Å²) in [5, 5.41) is 0. The Morgan fingerprint density at radius 3 is 2.22 bits per heavy atom. The smallest absolute Gasteiger partial charge is 0.433 e. The fourth-order valence-electron chi connectivity index (χ4n) is 2.10. The Kier molecular flexibility index (Phi) is 7.36. The van der Waals surface area contributed by atoms with Crippen LogP contribution in [0.4, 0.5) is 4.79 Å². The first-order valence-electron chi connectivity index (χ1n) is 7.65. The number of hydroxylamine groups is 1. The number of ether oxygens (including phenoxy) is 1. The average molecular weight is 453 g/mol. The monoisotopic (exact) mass is 451 g/mol. The summed E-state index contributed by atoms with van der Waals surface area (Å²) in [6.45, 7) is 1.81. The summed E-state index contributed by atoms with van der Waals surface area (Å²) in [4.78, 5) is 11.9. The number of aryl methyl sites for hydroxylation is 1. The fourth-order valence-corrected chi connectivity index (χ4v) is 3.26. The highest BCUT2D eigenvalue weighted by atomic mass is 35.6. The fraction of sp³-hybridized carbons (Fsp3) is 0.235. The Balaban J connectivity index is 2.04. The molecule has 0 heterocycles. The number of rotatable bonds is 6. The molecule has 0 fully saturated rings. The van der Waals surface area contributed by atoms with Gasteiger partial charge in [-0.05, 0) is 24.6 Å². The number of carbonyl (C=O) groups is 1. The van der Waals surface area contributed by atoms with Gasteiger partial charge in [0, 0.05) is 6.42 Å². The van der Waals surface area contributed by atoms with Crippen molar-refractivity contribution in [1.82, 2.24) is 5.48 Å². The van der Waals surface area contributed by atoms with Crippen LogP contribution in [0, 0.1) is 6.92 Å². The Morgan fingerprint density at radius 2 is 1.67 bits per heavy atom. The van der Waals surface area contributed by atoms with Crippen molar-refractivity contribution in [2.45, 2.75) is 28.1 Å². The summed E-state index contributed by atoms with van der Waals surface area (Å²) < 4.78 is 32.2. The highest BCUT2D eigenvalue weighted by Gasteiger charge is 2.29. The number of hydrogen-bond donors (Lipinski definition) is 1. The van der Waals surface area contributed by atoms with E-state index in [2.05, 4.69) is 4.28 Å².